The van der Waals surface area contributed by atoms with Crippen molar-refractivity contribution in [3.05, 3.63) is 58.7 Å². The summed E-state index contributed by atoms with van der Waals surface area (Å²) in [6, 6.07) is 12.0. The number of aryl methyl sites for hydroxylation is 2. The molecule has 0 aliphatic heterocycles. The minimum atomic E-state index is 0.331. The molecule has 0 spiro atoms. The van der Waals surface area contributed by atoms with Crippen molar-refractivity contribution < 1.29 is 10.2 Å². The molecule has 0 saturated carbocycles. The van der Waals surface area contributed by atoms with Crippen molar-refractivity contribution in [1.82, 2.24) is 0 Å². The number of unbranched alkanes of at least 4 members (excludes halogenated alkanes) is 14. The standard InChI is InChI=1S/C33H52O2/c1-3-5-7-9-11-13-15-17-19-28-21-23-32(34)30(25-28)27-31-26-29(22-24-33(31)35)20-18-16-14-12-10-8-6-4-2/h21-26,34-35H,3-20,27H2,1-2H3. The van der Waals surface area contributed by atoms with E-state index < -0.39 is 0 Å². The molecule has 0 atom stereocenters. The first kappa shape index (κ1) is 29.3. The second-order valence-corrected chi connectivity index (χ2v) is 10.6. The first-order valence-electron chi connectivity index (χ1n) is 14.8. The van der Waals surface area contributed by atoms with Crippen molar-refractivity contribution in [3.8, 4) is 11.5 Å². The van der Waals surface area contributed by atoms with Gasteiger partial charge in [0, 0.05) is 6.42 Å². The molecule has 2 rings (SSSR count). The van der Waals surface area contributed by atoms with Crippen LogP contribution in [0.3, 0.4) is 0 Å². The Labute approximate surface area is 216 Å². The minimum absolute atomic E-state index is 0.331. The van der Waals surface area contributed by atoms with Gasteiger partial charge in [0.05, 0.1) is 0 Å². The zero-order valence-electron chi connectivity index (χ0n) is 22.8. The van der Waals surface area contributed by atoms with Gasteiger partial charge in [0.1, 0.15) is 11.5 Å². The van der Waals surface area contributed by atoms with Gasteiger partial charge in [0.2, 0.25) is 0 Å². The van der Waals surface area contributed by atoms with Gasteiger partial charge in [-0.1, -0.05) is 128 Å². The molecule has 2 N–H and O–H groups in total. The normalized spacial score (nSPS) is 11.3. The summed E-state index contributed by atoms with van der Waals surface area (Å²) in [5.41, 5.74) is 4.42. The molecule has 0 radical (unpaired) electrons. The van der Waals surface area contributed by atoms with Crippen LogP contribution in [0.1, 0.15) is 139 Å². The van der Waals surface area contributed by atoms with Crippen molar-refractivity contribution in [1.29, 1.82) is 0 Å². The molecule has 0 saturated heterocycles. The minimum Gasteiger partial charge on any atom is -0.508 e. The molecular weight excluding hydrogens is 428 g/mol. The van der Waals surface area contributed by atoms with E-state index in [1.54, 1.807) is 0 Å². The first-order valence-corrected chi connectivity index (χ1v) is 14.8. The third-order valence-corrected chi connectivity index (χ3v) is 7.31. The molecule has 0 heterocycles. The van der Waals surface area contributed by atoms with E-state index in [2.05, 4.69) is 38.1 Å². The smallest absolute Gasteiger partial charge is 0.119 e. The molecule has 0 aromatic heterocycles. The van der Waals surface area contributed by atoms with E-state index in [0.717, 1.165) is 24.0 Å². The van der Waals surface area contributed by atoms with Crippen LogP contribution in [0.2, 0.25) is 0 Å². The van der Waals surface area contributed by atoms with Crippen LogP contribution >= 0.6 is 0 Å². The highest BCUT2D eigenvalue weighted by Crippen LogP contribution is 2.28. The van der Waals surface area contributed by atoms with Crippen molar-refractivity contribution >= 4 is 0 Å². The Balaban J connectivity index is 1.79. The molecule has 0 fully saturated rings. The Morgan fingerprint density at radius 2 is 0.800 bits per heavy atom. The highest BCUT2D eigenvalue weighted by molar-refractivity contribution is 5.44. The van der Waals surface area contributed by atoms with Gasteiger partial charge >= 0.3 is 0 Å². The number of phenols is 2. The molecule has 0 aliphatic carbocycles. The van der Waals surface area contributed by atoms with E-state index >= 15 is 0 Å². The van der Waals surface area contributed by atoms with Crippen molar-refractivity contribution in [2.24, 2.45) is 0 Å². The van der Waals surface area contributed by atoms with Gasteiger partial charge in [-0.2, -0.15) is 0 Å². The second-order valence-electron chi connectivity index (χ2n) is 10.6. The number of rotatable bonds is 20. The van der Waals surface area contributed by atoms with Gasteiger partial charge < -0.3 is 10.2 Å². The van der Waals surface area contributed by atoms with Crippen molar-refractivity contribution in [3.63, 3.8) is 0 Å². The lowest BCUT2D eigenvalue weighted by molar-refractivity contribution is 0.462. The van der Waals surface area contributed by atoms with E-state index in [9.17, 15) is 10.2 Å². The lowest BCUT2D eigenvalue weighted by Gasteiger charge is -2.11. The van der Waals surface area contributed by atoms with Gasteiger partial charge in [-0.15, -0.1) is 0 Å². The summed E-state index contributed by atoms with van der Waals surface area (Å²) in [6.45, 7) is 4.53. The summed E-state index contributed by atoms with van der Waals surface area (Å²) in [5.74, 6) is 0.662. The van der Waals surface area contributed by atoms with Gasteiger partial charge in [-0.3, -0.25) is 0 Å². The van der Waals surface area contributed by atoms with Gasteiger partial charge in [-0.05, 0) is 60.1 Å². The maximum atomic E-state index is 10.5. The number of hydrogen-bond donors (Lipinski definition) is 2. The van der Waals surface area contributed by atoms with Crippen LogP contribution in [0.15, 0.2) is 36.4 Å². The highest BCUT2D eigenvalue weighted by atomic mass is 16.3. The molecule has 2 aromatic carbocycles. The van der Waals surface area contributed by atoms with Crippen LogP contribution in [0.4, 0.5) is 0 Å². The van der Waals surface area contributed by atoms with Gasteiger partial charge in [0.25, 0.3) is 0 Å². The average molecular weight is 481 g/mol. The van der Waals surface area contributed by atoms with Crippen LogP contribution in [0, 0.1) is 0 Å². The predicted octanol–water partition coefficient (Wildman–Crippen LogP) is 10.1. The molecule has 2 heteroatoms. The summed E-state index contributed by atoms with van der Waals surface area (Å²) in [6.07, 6.45) is 23.9. The Hall–Kier alpha value is -1.96. The van der Waals surface area contributed by atoms with E-state index in [0.29, 0.717) is 17.9 Å². The fourth-order valence-electron chi connectivity index (χ4n) is 5.00. The van der Waals surface area contributed by atoms with Crippen LogP contribution in [-0.4, -0.2) is 10.2 Å². The van der Waals surface area contributed by atoms with Gasteiger partial charge in [0.15, 0.2) is 0 Å². The molecule has 0 bridgehead atoms. The van der Waals surface area contributed by atoms with E-state index in [4.69, 9.17) is 0 Å². The summed E-state index contributed by atoms with van der Waals surface area (Å²) in [5, 5.41) is 20.9. The SMILES string of the molecule is CCCCCCCCCCc1ccc(O)c(Cc2cc(CCCCCCCCCC)ccc2O)c1. The lowest BCUT2D eigenvalue weighted by Crippen LogP contribution is -1.95. The molecule has 35 heavy (non-hydrogen) atoms. The largest absolute Gasteiger partial charge is 0.508 e. The van der Waals surface area contributed by atoms with Crippen LogP contribution in [0.5, 0.6) is 11.5 Å². The van der Waals surface area contributed by atoms with Crippen LogP contribution in [-0.2, 0) is 19.3 Å². The zero-order valence-corrected chi connectivity index (χ0v) is 22.8. The Kier molecular flexibility index (Phi) is 15.3. The van der Waals surface area contributed by atoms with Crippen LogP contribution < -0.4 is 0 Å². The fourth-order valence-corrected chi connectivity index (χ4v) is 5.00. The number of aromatic hydroxyl groups is 2. The molecule has 0 amide bonds. The van der Waals surface area contributed by atoms with Crippen molar-refractivity contribution in [2.45, 2.75) is 136 Å². The summed E-state index contributed by atoms with van der Waals surface area (Å²) in [4.78, 5) is 0. The summed E-state index contributed by atoms with van der Waals surface area (Å²) in [7, 11) is 0. The fraction of sp³-hybridized carbons (Fsp3) is 0.636. The van der Waals surface area contributed by atoms with Crippen molar-refractivity contribution in [2.75, 3.05) is 0 Å². The predicted molar refractivity (Wildman–Crippen MR) is 152 cm³/mol. The molecule has 0 aliphatic rings. The quantitative estimate of drug-likeness (QED) is 0.185. The molecule has 2 nitrogen and oxygen atoms in total. The highest BCUT2D eigenvalue weighted by Gasteiger charge is 2.09. The third kappa shape index (κ3) is 12.5. The maximum absolute atomic E-state index is 10.5. The Morgan fingerprint density at radius 3 is 1.17 bits per heavy atom. The van der Waals surface area contributed by atoms with E-state index in [1.807, 2.05) is 12.1 Å². The van der Waals surface area contributed by atoms with E-state index in [1.165, 1.54) is 114 Å². The average Bonchev–Trinajstić information content (AvgIpc) is 2.86. The van der Waals surface area contributed by atoms with Gasteiger partial charge in [-0.25, -0.2) is 0 Å². The van der Waals surface area contributed by atoms with Crippen LogP contribution in [0.25, 0.3) is 0 Å². The molecule has 2 aromatic rings. The van der Waals surface area contributed by atoms with E-state index in [-0.39, 0.29) is 0 Å². The number of hydrogen-bond acceptors (Lipinski definition) is 2. The molecular formula is C33H52O2. The topological polar surface area (TPSA) is 40.5 Å². The molecule has 196 valence electrons. The monoisotopic (exact) mass is 480 g/mol. The third-order valence-electron chi connectivity index (χ3n) is 7.31. The number of phenolic OH excluding ortho intramolecular Hbond substituents is 2. The first-order chi connectivity index (χ1) is 17.1. The number of benzene rings is 2. The molecule has 0 unspecified atom stereocenters. The maximum Gasteiger partial charge on any atom is 0.119 e. The second kappa shape index (κ2) is 18.3. The lowest BCUT2D eigenvalue weighted by atomic mass is 9.96. The zero-order chi connectivity index (χ0) is 25.1. The Morgan fingerprint density at radius 1 is 0.457 bits per heavy atom. The summed E-state index contributed by atoms with van der Waals surface area (Å²) >= 11 is 0. The summed E-state index contributed by atoms with van der Waals surface area (Å²) < 4.78 is 0. The Bertz CT molecular complexity index is 743.